The molecule has 1 saturated heterocycles. The number of nitrogens with zero attached hydrogens (tertiary/aromatic N) is 2. The Morgan fingerprint density at radius 1 is 1.54 bits per heavy atom. The fraction of sp³-hybridized carbons (Fsp3) is 0.556. The van der Waals surface area contributed by atoms with Crippen LogP contribution in [0.5, 0.6) is 5.75 Å². The van der Waals surface area contributed by atoms with E-state index in [0.717, 1.165) is 24.2 Å². The molecule has 0 saturated carbocycles. The minimum atomic E-state index is 0.0103. The van der Waals surface area contributed by atoms with Crippen molar-refractivity contribution < 1.29 is 14.3 Å². The molecular weight excluding hydrogens is 306 g/mol. The van der Waals surface area contributed by atoms with Gasteiger partial charge in [0.15, 0.2) is 0 Å². The van der Waals surface area contributed by atoms with E-state index in [-0.39, 0.29) is 18.6 Å². The summed E-state index contributed by atoms with van der Waals surface area (Å²) in [4.78, 5) is 17.8. The van der Waals surface area contributed by atoms with E-state index in [2.05, 4.69) is 29.4 Å². The summed E-state index contributed by atoms with van der Waals surface area (Å²) in [6, 6.07) is 2.43. The summed E-state index contributed by atoms with van der Waals surface area (Å²) >= 11 is 0. The predicted octanol–water partition coefficient (Wildman–Crippen LogP) is 1.72. The number of carbonyl (C=O) groups excluding carboxylic acids is 1. The molecule has 1 aromatic heterocycles. The van der Waals surface area contributed by atoms with Gasteiger partial charge in [-0.15, -0.1) is 0 Å². The molecular formula is C18H27N3O3. The highest BCUT2D eigenvalue weighted by molar-refractivity contribution is 5.77. The van der Waals surface area contributed by atoms with Crippen LogP contribution in [-0.2, 0) is 9.53 Å². The minimum absolute atomic E-state index is 0.0103. The van der Waals surface area contributed by atoms with Crippen molar-refractivity contribution in [3.63, 3.8) is 0 Å². The lowest BCUT2D eigenvalue weighted by Crippen LogP contribution is -2.33. The van der Waals surface area contributed by atoms with Crippen LogP contribution in [0.2, 0.25) is 0 Å². The van der Waals surface area contributed by atoms with E-state index in [1.807, 2.05) is 19.3 Å². The molecule has 0 aromatic carbocycles. The van der Waals surface area contributed by atoms with Gasteiger partial charge in [-0.05, 0) is 32.0 Å². The highest BCUT2D eigenvalue weighted by Crippen LogP contribution is 2.19. The van der Waals surface area contributed by atoms with Crippen molar-refractivity contribution in [1.82, 2.24) is 15.2 Å². The molecule has 6 heteroatoms. The summed E-state index contributed by atoms with van der Waals surface area (Å²) < 4.78 is 10.9. The Kier molecular flexibility index (Phi) is 7.21. The van der Waals surface area contributed by atoms with Crippen molar-refractivity contribution >= 4 is 12.0 Å². The van der Waals surface area contributed by atoms with Crippen molar-refractivity contribution in [1.29, 1.82) is 0 Å². The summed E-state index contributed by atoms with van der Waals surface area (Å²) in [5.41, 5.74) is 1.01. The predicted molar refractivity (Wildman–Crippen MR) is 93.9 cm³/mol. The lowest BCUT2D eigenvalue weighted by Gasteiger charge is -2.16. The minimum Gasteiger partial charge on any atom is -0.487 e. The molecule has 6 nitrogen and oxygen atoms in total. The number of carbonyl (C=O) groups is 1. The molecule has 24 heavy (non-hydrogen) atoms. The maximum absolute atomic E-state index is 11.8. The molecule has 2 rings (SSSR count). The molecule has 1 aliphatic heterocycles. The molecule has 1 amide bonds. The van der Waals surface area contributed by atoms with Crippen molar-refractivity contribution in [2.75, 3.05) is 33.9 Å². The number of methoxy groups -OCH3 is 1. The first kappa shape index (κ1) is 18.4. The van der Waals surface area contributed by atoms with Crippen molar-refractivity contribution in [2.45, 2.75) is 31.9 Å². The molecule has 132 valence electrons. The normalized spacial score (nSPS) is 19.0. The monoisotopic (exact) mass is 333 g/mol. The molecule has 1 N–H and O–H groups in total. The third kappa shape index (κ3) is 5.62. The quantitative estimate of drug-likeness (QED) is 0.785. The molecule has 0 aliphatic carbocycles. The summed E-state index contributed by atoms with van der Waals surface area (Å²) in [5, 5.41) is 3.20. The second kappa shape index (κ2) is 9.39. The number of amides is 1. The van der Waals surface area contributed by atoms with Gasteiger partial charge < -0.3 is 19.7 Å². The maximum Gasteiger partial charge on any atom is 0.248 e. The Hall–Kier alpha value is -1.92. The van der Waals surface area contributed by atoms with Gasteiger partial charge in [-0.25, -0.2) is 0 Å². The van der Waals surface area contributed by atoms with Gasteiger partial charge >= 0.3 is 0 Å². The van der Waals surface area contributed by atoms with Crippen LogP contribution in [-0.4, -0.2) is 61.8 Å². The van der Waals surface area contributed by atoms with Crippen LogP contribution < -0.4 is 10.1 Å². The first-order chi connectivity index (χ1) is 11.6. The molecule has 2 atom stereocenters. The van der Waals surface area contributed by atoms with Crippen LogP contribution in [0.15, 0.2) is 24.5 Å². The van der Waals surface area contributed by atoms with E-state index in [1.165, 1.54) is 7.11 Å². The number of hydrogen-bond donors (Lipinski definition) is 1. The molecule has 1 fully saturated rings. The Morgan fingerprint density at radius 3 is 3.12 bits per heavy atom. The maximum atomic E-state index is 11.8. The summed E-state index contributed by atoms with van der Waals surface area (Å²) in [7, 11) is 3.49. The second-order valence-corrected chi connectivity index (χ2v) is 6.08. The Bertz CT molecular complexity index is 562. The lowest BCUT2D eigenvalue weighted by atomic mass is 10.2. The van der Waals surface area contributed by atoms with Crippen LogP contribution >= 0.6 is 0 Å². The van der Waals surface area contributed by atoms with Crippen molar-refractivity contribution in [2.24, 2.45) is 0 Å². The van der Waals surface area contributed by atoms with Crippen molar-refractivity contribution in [3.8, 4) is 5.75 Å². The fourth-order valence-corrected chi connectivity index (χ4v) is 2.58. The SMILES string of the molecule is CN[C@@H](C)C/C=C/c1cncc(O[C@H]2CCN(C(=O)COC)C2)c1. The number of pyridine rings is 1. The topological polar surface area (TPSA) is 63.7 Å². The van der Waals surface area contributed by atoms with Crippen LogP contribution in [0.25, 0.3) is 6.08 Å². The fourth-order valence-electron chi connectivity index (χ4n) is 2.58. The average Bonchev–Trinajstić information content (AvgIpc) is 3.04. The first-order valence-electron chi connectivity index (χ1n) is 8.34. The molecule has 1 aromatic rings. The van der Waals surface area contributed by atoms with E-state index >= 15 is 0 Å². The van der Waals surface area contributed by atoms with Crippen LogP contribution in [0.4, 0.5) is 0 Å². The lowest BCUT2D eigenvalue weighted by molar-refractivity contribution is -0.134. The van der Waals surface area contributed by atoms with Crippen LogP contribution in [0.1, 0.15) is 25.3 Å². The van der Waals surface area contributed by atoms with Crippen LogP contribution in [0, 0.1) is 0 Å². The number of likely N-dealkylation sites (tertiary alicyclic amines) is 1. The number of aromatic nitrogens is 1. The first-order valence-corrected chi connectivity index (χ1v) is 8.34. The number of nitrogens with one attached hydrogen (secondary N) is 1. The van der Waals surface area contributed by atoms with E-state index in [0.29, 0.717) is 19.1 Å². The molecule has 1 aliphatic rings. The number of ether oxygens (including phenoxy) is 2. The van der Waals surface area contributed by atoms with E-state index < -0.39 is 0 Å². The van der Waals surface area contributed by atoms with E-state index in [9.17, 15) is 4.79 Å². The highest BCUT2D eigenvalue weighted by atomic mass is 16.5. The average molecular weight is 333 g/mol. The van der Waals surface area contributed by atoms with Gasteiger partial charge in [0, 0.05) is 32.3 Å². The molecule has 0 spiro atoms. The van der Waals surface area contributed by atoms with Gasteiger partial charge in [-0.1, -0.05) is 12.2 Å². The third-order valence-electron chi connectivity index (χ3n) is 4.10. The Balaban J connectivity index is 1.87. The number of rotatable bonds is 8. The Labute approximate surface area is 143 Å². The Morgan fingerprint density at radius 2 is 2.38 bits per heavy atom. The smallest absolute Gasteiger partial charge is 0.248 e. The third-order valence-corrected chi connectivity index (χ3v) is 4.10. The van der Waals surface area contributed by atoms with Gasteiger partial charge in [-0.2, -0.15) is 0 Å². The van der Waals surface area contributed by atoms with Gasteiger partial charge in [-0.3, -0.25) is 9.78 Å². The number of hydrogen-bond acceptors (Lipinski definition) is 5. The highest BCUT2D eigenvalue weighted by Gasteiger charge is 2.27. The summed E-state index contributed by atoms with van der Waals surface area (Å²) in [5.74, 6) is 0.752. The van der Waals surface area contributed by atoms with Gasteiger partial charge in [0.05, 0.1) is 12.7 Å². The van der Waals surface area contributed by atoms with E-state index in [1.54, 1.807) is 11.1 Å². The second-order valence-electron chi connectivity index (χ2n) is 6.08. The van der Waals surface area contributed by atoms with E-state index in [4.69, 9.17) is 9.47 Å². The van der Waals surface area contributed by atoms with Gasteiger partial charge in [0.25, 0.3) is 0 Å². The molecule has 0 unspecified atom stereocenters. The zero-order valence-electron chi connectivity index (χ0n) is 14.7. The van der Waals surface area contributed by atoms with Crippen LogP contribution in [0.3, 0.4) is 0 Å². The molecule has 0 radical (unpaired) electrons. The van der Waals surface area contributed by atoms with Gasteiger partial charge in [0.2, 0.25) is 5.91 Å². The summed E-state index contributed by atoms with van der Waals surface area (Å²) in [6.07, 6.45) is 9.51. The zero-order valence-corrected chi connectivity index (χ0v) is 14.7. The molecule has 0 bridgehead atoms. The van der Waals surface area contributed by atoms with Crippen molar-refractivity contribution in [3.05, 3.63) is 30.1 Å². The summed E-state index contributed by atoms with van der Waals surface area (Å²) in [6.45, 7) is 3.57. The molecule has 2 heterocycles. The zero-order chi connectivity index (χ0) is 17.4. The van der Waals surface area contributed by atoms with Gasteiger partial charge in [0.1, 0.15) is 18.5 Å². The largest absolute Gasteiger partial charge is 0.487 e. The standard InChI is InChI=1S/C18H27N3O3/c1-14(19-2)5-4-6-15-9-17(11-20-10-15)24-16-7-8-21(12-16)18(22)13-23-3/h4,6,9-11,14,16,19H,5,7-8,12-13H2,1-3H3/b6-4+/t14-,16-/m0/s1.